The third kappa shape index (κ3) is 5.32. The first-order valence-corrected chi connectivity index (χ1v) is 8.58. The Labute approximate surface area is 150 Å². The number of para-hydroxylation sites is 1. The number of nitrogens with zero attached hydrogens (tertiary/aromatic N) is 3. The molecule has 5 nitrogen and oxygen atoms in total. The molecule has 1 N–H and O–H groups in total. The highest BCUT2D eigenvalue weighted by atomic mass is 19.4. The highest BCUT2D eigenvalue weighted by Gasteiger charge is 2.33. The van der Waals surface area contributed by atoms with E-state index in [2.05, 4.69) is 20.2 Å². The Morgan fingerprint density at radius 3 is 2.77 bits per heavy atom. The lowest BCUT2D eigenvalue weighted by molar-refractivity contribution is -0.141. The van der Waals surface area contributed by atoms with Gasteiger partial charge in [0.25, 0.3) is 0 Å². The largest absolute Gasteiger partial charge is 0.492 e. The fraction of sp³-hybridized carbons (Fsp3) is 0.444. The highest BCUT2D eigenvalue weighted by Crippen LogP contribution is 2.27. The summed E-state index contributed by atoms with van der Waals surface area (Å²) in [4.78, 5) is 9.72. The van der Waals surface area contributed by atoms with Crippen molar-refractivity contribution in [2.24, 2.45) is 0 Å². The molecular weight excluding hydrogens is 345 g/mol. The third-order valence-electron chi connectivity index (χ3n) is 4.20. The average Bonchev–Trinajstić information content (AvgIpc) is 2.63. The standard InChI is InChI=1S/C18H21F3N4O/c19-18(20,21)16-8-9-22-17(24-16)23-14-5-4-10-25(13-14)11-12-26-15-6-2-1-3-7-15/h1-3,6-9,14H,4-5,10-13H2,(H,22,23,24). The summed E-state index contributed by atoms with van der Waals surface area (Å²) in [5.74, 6) is 0.851. The van der Waals surface area contributed by atoms with E-state index in [0.29, 0.717) is 6.61 Å². The lowest BCUT2D eigenvalue weighted by Gasteiger charge is -2.33. The van der Waals surface area contributed by atoms with E-state index in [1.165, 1.54) is 0 Å². The van der Waals surface area contributed by atoms with Gasteiger partial charge in [-0.3, -0.25) is 4.90 Å². The van der Waals surface area contributed by atoms with Crippen LogP contribution >= 0.6 is 0 Å². The Morgan fingerprint density at radius 2 is 2.00 bits per heavy atom. The van der Waals surface area contributed by atoms with E-state index in [9.17, 15) is 13.2 Å². The summed E-state index contributed by atoms with van der Waals surface area (Å²) in [5, 5.41) is 3.03. The first kappa shape index (κ1) is 18.4. The predicted molar refractivity (Wildman–Crippen MR) is 92.1 cm³/mol. The van der Waals surface area contributed by atoms with Crippen molar-refractivity contribution in [2.75, 3.05) is 31.6 Å². The Morgan fingerprint density at radius 1 is 1.19 bits per heavy atom. The number of alkyl halides is 3. The molecule has 1 aliphatic heterocycles. The van der Waals surface area contributed by atoms with E-state index < -0.39 is 11.9 Å². The first-order chi connectivity index (χ1) is 12.5. The van der Waals surface area contributed by atoms with E-state index in [0.717, 1.165) is 50.5 Å². The lowest BCUT2D eigenvalue weighted by atomic mass is 10.1. The summed E-state index contributed by atoms with van der Waals surface area (Å²) in [6.45, 7) is 2.99. The molecule has 26 heavy (non-hydrogen) atoms. The second-order valence-corrected chi connectivity index (χ2v) is 6.21. The van der Waals surface area contributed by atoms with Gasteiger partial charge in [-0.2, -0.15) is 13.2 Å². The summed E-state index contributed by atoms with van der Waals surface area (Å²) in [6.07, 6.45) is -1.50. The van der Waals surface area contributed by atoms with Crippen molar-refractivity contribution in [3.63, 3.8) is 0 Å². The summed E-state index contributed by atoms with van der Waals surface area (Å²) in [7, 11) is 0. The van der Waals surface area contributed by atoms with Crippen molar-refractivity contribution in [1.82, 2.24) is 14.9 Å². The molecule has 0 aliphatic carbocycles. The molecule has 1 aromatic carbocycles. The van der Waals surface area contributed by atoms with Crippen molar-refractivity contribution in [2.45, 2.75) is 25.1 Å². The normalized spacial score (nSPS) is 18.5. The maximum absolute atomic E-state index is 12.7. The van der Waals surface area contributed by atoms with Gasteiger partial charge in [0.15, 0.2) is 0 Å². The molecule has 0 radical (unpaired) electrons. The van der Waals surface area contributed by atoms with Crippen molar-refractivity contribution < 1.29 is 17.9 Å². The van der Waals surface area contributed by atoms with E-state index in [4.69, 9.17) is 4.74 Å². The SMILES string of the molecule is FC(F)(F)c1ccnc(NC2CCCN(CCOc3ccccc3)C2)n1. The van der Waals surface area contributed by atoms with Crippen LogP contribution in [0, 0.1) is 0 Å². The number of benzene rings is 1. The minimum Gasteiger partial charge on any atom is -0.492 e. The maximum Gasteiger partial charge on any atom is 0.433 e. The molecule has 8 heteroatoms. The highest BCUT2D eigenvalue weighted by molar-refractivity contribution is 5.28. The minimum atomic E-state index is -4.47. The second-order valence-electron chi connectivity index (χ2n) is 6.21. The fourth-order valence-electron chi connectivity index (χ4n) is 2.95. The number of hydrogen-bond acceptors (Lipinski definition) is 5. The summed E-state index contributed by atoms with van der Waals surface area (Å²) in [5.41, 5.74) is -0.932. The Balaban J connectivity index is 1.49. The first-order valence-electron chi connectivity index (χ1n) is 8.58. The molecule has 1 aliphatic rings. The topological polar surface area (TPSA) is 50.3 Å². The van der Waals surface area contributed by atoms with Crippen LogP contribution in [0.3, 0.4) is 0 Å². The van der Waals surface area contributed by atoms with Gasteiger partial charge in [-0.1, -0.05) is 18.2 Å². The van der Waals surface area contributed by atoms with Crippen LogP contribution in [0.2, 0.25) is 0 Å². The Hall–Kier alpha value is -2.35. The second kappa shape index (κ2) is 8.35. The van der Waals surface area contributed by atoms with Crippen molar-refractivity contribution in [3.8, 4) is 5.75 Å². The maximum atomic E-state index is 12.7. The number of rotatable bonds is 6. The molecule has 140 valence electrons. The van der Waals surface area contributed by atoms with Crippen LogP contribution in [0.1, 0.15) is 18.5 Å². The number of aromatic nitrogens is 2. The third-order valence-corrected chi connectivity index (χ3v) is 4.20. The number of hydrogen-bond donors (Lipinski definition) is 1. The Kier molecular flexibility index (Phi) is 5.92. The monoisotopic (exact) mass is 366 g/mol. The van der Waals surface area contributed by atoms with Crippen molar-refractivity contribution in [1.29, 1.82) is 0 Å². The summed E-state index contributed by atoms with van der Waals surface area (Å²) < 4.78 is 43.9. The van der Waals surface area contributed by atoms with Gasteiger partial charge in [0.2, 0.25) is 5.95 Å². The molecule has 0 saturated carbocycles. The quantitative estimate of drug-likeness (QED) is 0.849. The number of nitrogens with one attached hydrogen (secondary N) is 1. The average molecular weight is 366 g/mol. The number of likely N-dealkylation sites (tertiary alicyclic amines) is 1. The molecular formula is C18H21F3N4O. The van der Waals surface area contributed by atoms with Crippen LogP contribution in [-0.2, 0) is 6.18 Å². The van der Waals surface area contributed by atoms with E-state index in [1.807, 2.05) is 30.3 Å². The van der Waals surface area contributed by atoms with Gasteiger partial charge in [-0.05, 0) is 37.6 Å². The molecule has 2 heterocycles. The van der Waals surface area contributed by atoms with Crippen molar-refractivity contribution >= 4 is 5.95 Å². The van der Waals surface area contributed by atoms with E-state index in [1.54, 1.807) is 0 Å². The van der Waals surface area contributed by atoms with Crippen LogP contribution < -0.4 is 10.1 Å². The summed E-state index contributed by atoms with van der Waals surface area (Å²) in [6, 6.07) is 10.5. The minimum absolute atomic E-state index is 0.0176. The van der Waals surface area contributed by atoms with Crippen LogP contribution in [0.25, 0.3) is 0 Å². The predicted octanol–water partition coefficient (Wildman–Crippen LogP) is 3.45. The summed E-state index contributed by atoms with van der Waals surface area (Å²) >= 11 is 0. The number of halogens is 3. The molecule has 2 aromatic rings. The zero-order valence-corrected chi connectivity index (χ0v) is 14.2. The zero-order valence-electron chi connectivity index (χ0n) is 14.2. The number of anilines is 1. The van der Waals surface area contributed by atoms with Gasteiger partial charge in [0, 0.05) is 25.3 Å². The van der Waals surface area contributed by atoms with Crippen LogP contribution in [0.4, 0.5) is 19.1 Å². The zero-order chi connectivity index (χ0) is 18.4. The Bertz CT molecular complexity index is 696. The smallest absolute Gasteiger partial charge is 0.433 e. The van der Waals surface area contributed by atoms with Crippen LogP contribution in [0.15, 0.2) is 42.6 Å². The van der Waals surface area contributed by atoms with E-state index >= 15 is 0 Å². The molecule has 3 rings (SSSR count). The number of ether oxygens (including phenoxy) is 1. The molecule has 1 atom stereocenters. The van der Waals surface area contributed by atoms with Gasteiger partial charge in [0.05, 0.1) is 0 Å². The molecule has 1 aromatic heterocycles. The molecule has 0 bridgehead atoms. The van der Waals surface area contributed by atoms with Crippen LogP contribution in [-0.4, -0.2) is 47.2 Å². The molecule has 1 saturated heterocycles. The van der Waals surface area contributed by atoms with Gasteiger partial charge >= 0.3 is 6.18 Å². The molecule has 1 fully saturated rings. The van der Waals surface area contributed by atoms with Gasteiger partial charge in [-0.25, -0.2) is 9.97 Å². The van der Waals surface area contributed by atoms with Gasteiger partial charge < -0.3 is 10.1 Å². The lowest BCUT2D eigenvalue weighted by Crippen LogP contribution is -2.43. The van der Waals surface area contributed by atoms with Crippen molar-refractivity contribution in [3.05, 3.63) is 48.3 Å². The van der Waals surface area contributed by atoms with Gasteiger partial charge in [-0.15, -0.1) is 0 Å². The van der Waals surface area contributed by atoms with Crippen LogP contribution in [0.5, 0.6) is 5.75 Å². The fourth-order valence-corrected chi connectivity index (χ4v) is 2.95. The van der Waals surface area contributed by atoms with E-state index in [-0.39, 0.29) is 12.0 Å². The number of piperidine rings is 1. The molecule has 0 spiro atoms. The molecule has 0 amide bonds. The van der Waals surface area contributed by atoms with Gasteiger partial charge in [0.1, 0.15) is 18.1 Å². The molecule has 1 unspecified atom stereocenters.